The second kappa shape index (κ2) is 8.86. The highest BCUT2D eigenvalue weighted by molar-refractivity contribution is 7.99. The minimum Gasteiger partial charge on any atom is -0.300 e. The summed E-state index contributed by atoms with van der Waals surface area (Å²) < 4.78 is 15.9. The molecule has 3 aromatic carbocycles. The molecule has 0 radical (unpaired) electrons. The zero-order valence-electron chi connectivity index (χ0n) is 18.0. The maximum absolute atomic E-state index is 13.5. The molecular weight excluding hydrogens is 459 g/mol. The molecule has 2 aliphatic rings. The van der Waals surface area contributed by atoms with Gasteiger partial charge >= 0.3 is 0 Å². The van der Waals surface area contributed by atoms with E-state index >= 15 is 0 Å². The van der Waals surface area contributed by atoms with Gasteiger partial charge in [-0.05, 0) is 83.8 Å². The fourth-order valence-corrected chi connectivity index (χ4v) is 7.10. The van der Waals surface area contributed by atoms with Gasteiger partial charge in [-0.1, -0.05) is 49.3 Å². The third-order valence-electron chi connectivity index (χ3n) is 6.01. The molecule has 0 spiro atoms. The van der Waals surface area contributed by atoms with Crippen molar-refractivity contribution in [2.24, 2.45) is 11.8 Å². The molecule has 3 aromatic rings. The van der Waals surface area contributed by atoms with Gasteiger partial charge in [-0.2, -0.15) is 0 Å². The molecule has 1 fully saturated rings. The molecule has 1 aliphatic carbocycles. The Kier molecular flexibility index (Phi) is 6.10. The van der Waals surface area contributed by atoms with Crippen molar-refractivity contribution in [2.75, 3.05) is 13.1 Å². The molecule has 2 atom stereocenters. The van der Waals surface area contributed by atoms with Crippen LogP contribution in [0.4, 0.5) is 4.39 Å². The molecule has 0 saturated carbocycles. The summed E-state index contributed by atoms with van der Waals surface area (Å²) in [5, 5.41) is 8.95. The summed E-state index contributed by atoms with van der Waals surface area (Å²) >= 11 is 9.27. The van der Waals surface area contributed by atoms with Gasteiger partial charge in [0.1, 0.15) is 5.82 Å². The molecule has 0 amide bonds. The Morgan fingerprint density at radius 3 is 2.06 bits per heavy atom. The fraction of sp³-hybridized carbons (Fsp3) is 0.269. The zero-order valence-corrected chi connectivity index (χ0v) is 20.4. The molecule has 1 N–H and O–H groups in total. The average Bonchev–Trinajstić information content (AvgIpc) is 3.01. The van der Waals surface area contributed by atoms with Crippen LogP contribution >= 0.6 is 35.3 Å². The van der Waals surface area contributed by atoms with Crippen molar-refractivity contribution in [1.82, 2.24) is 4.31 Å². The van der Waals surface area contributed by atoms with E-state index in [4.69, 9.17) is 17.0 Å². The Labute approximate surface area is 202 Å². The molecule has 1 heterocycles. The number of rotatable bonds is 4. The Bertz CT molecular complexity index is 1200. The second-order valence-electron chi connectivity index (χ2n) is 8.85. The molecule has 5 rings (SSSR count). The molecule has 2 nitrogen and oxygen atoms in total. The van der Waals surface area contributed by atoms with Gasteiger partial charge in [0, 0.05) is 38.9 Å². The van der Waals surface area contributed by atoms with E-state index in [0.717, 1.165) is 57.0 Å². The van der Waals surface area contributed by atoms with Gasteiger partial charge in [0.15, 0.2) is 0 Å². The van der Waals surface area contributed by atoms with E-state index in [1.54, 1.807) is 12.1 Å². The number of hydrogen-bond donors (Lipinski definition) is 1. The quantitative estimate of drug-likeness (QED) is 0.298. The summed E-state index contributed by atoms with van der Waals surface area (Å²) in [6.45, 7) is 6.87. The Hall–Kier alpha value is -1.79. The van der Waals surface area contributed by atoms with E-state index in [9.17, 15) is 4.39 Å². The van der Waals surface area contributed by atoms with Crippen molar-refractivity contribution < 1.29 is 4.39 Å². The molecule has 32 heavy (non-hydrogen) atoms. The van der Waals surface area contributed by atoms with Crippen molar-refractivity contribution in [1.29, 1.82) is 5.41 Å². The minimum absolute atomic E-state index is 0.124. The van der Waals surface area contributed by atoms with E-state index < -0.39 is 5.82 Å². The number of nitrogens with one attached hydrogen (secondary N) is 1. The van der Waals surface area contributed by atoms with Gasteiger partial charge in [0.2, 0.25) is 0 Å². The summed E-state index contributed by atoms with van der Waals surface area (Å²) in [4.78, 5) is 3.08. The molecule has 0 aromatic heterocycles. The minimum atomic E-state index is -0.413. The highest BCUT2D eigenvalue weighted by Gasteiger charge is 2.26. The summed E-state index contributed by atoms with van der Waals surface area (Å²) in [5.74, 6) is 1.02. The van der Waals surface area contributed by atoms with Crippen molar-refractivity contribution in [3.05, 3.63) is 76.6 Å². The van der Waals surface area contributed by atoms with Crippen LogP contribution in [0.5, 0.6) is 0 Å². The second-order valence-corrected chi connectivity index (χ2v) is 11.6. The van der Waals surface area contributed by atoms with Crippen LogP contribution in [0.3, 0.4) is 0 Å². The average molecular weight is 483 g/mol. The van der Waals surface area contributed by atoms with E-state index in [-0.39, 0.29) is 5.02 Å². The van der Waals surface area contributed by atoms with E-state index in [1.807, 2.05) is 11.9 Å². The monoisotopic (exact) mass is 482 g/mol. The number of piperidine rings is 1. The van der Waals surface area contributed by atoms with Gasteiger partial charge in [0.25, 0.3) is 0 Å². The highest BCUT2D eigenvalue weighted by Crippen LogP contribution is 2.42. The van der Waals surface area contributed by atoms with Crippen LogP contribution in [0.15, 0.2) is 69.3 Å². The molecule has 1 aliphatic heterocycles. The Balaban J connectivity index is 1.37. The maximum Gasteiger partial charge on any atom is 0.141 e. The predicted octanol–water partition coefficient (Wildman–Crippen LogP) is 8.01. The molecule has 6 heteroatoms. The van der Waals surface area contributed by atoms with Crippen molar-refractivity contribution in [3.63, 3.8) is 0 Å². The lowest BCUT2D eigenvalue weighted by Crippen LogP contribution is -2.33. The zero-order chi connectivity index (χ0) is 22.4. The first-order valence-electron chi connectivity index (χ1n) is 10.8. The van der Waals surface area contributed by atoms with E-state index in [1.165, 1.54) is 29.1 Å². The van der Waals surface area contributed by atoms with Crippen LogP contribution in [0.2, 0.25) is 5.02 Å². The molecule has 1 saturated heterocycles. The molecule has 164 valence electrons. The standard InChI is InChI=1S/C26H24ClFN2S2/c1-15-9-16(2)14-30(13-15)32-19-4-7-21-20-6-3-17(10-22(20)26(29)23(21)11-19)31-18-5-8-25(28)24(27)12-18/h3-8,10-12,15-16,29H,9,13-14H2,1-2H3/t15-,16+. The third-order valence-corrected chi connectivity index (χ3v) is 8.30. The van der Waals surface area contributed by atoms with Crippen molar-refractivity contribution in [2.45, 2.75) is 35.0 Å². The summed E-state index contributed by atoms with van der Waals surface area (Å²) in [5.41, 5.74) is 4.73. The lowest BCUT2D eigenvalue weighted by atomic mass is 9.94. The van der Waals surface area contributed by atoms with E-state index in [0.29, 0.717) is 5.71 Å². The molecule has 0 bridgehead atoms. The Morgan fingerprint density at radius 2 is 1.41 bits per heavy atom. The van der Waals surface area contributed by atoms with Crippen LogP contribution in [0, 0.1) is 23.1 Å². The smallest absolute Gasteiger partial charge is 0.141 e. The lowest BCUT2D eigenvalue weighted by molar-refractivity contribution is 0.237. The first-order chi connectivity index (χ1) is 15.4. The lowest BCUT2D eigenvalue weighted by Gasteiger charge is -2.33. The van der Waals surface area contributed by atoms with Gasteiger partial charge in [0.05, 0.1) is 10.7 Å². The maximum atomic E-state index is 13.5. The SMILES string of the molecule is C[C@@H]1C[C@H](C)CN(Sc2ccc3c(c2)C(=N)c2cc(Sc4ccc(F)c(Cl)c4)ccc2-3)C1. The third kappa shape index (κ3) is 4.36. The van der Waals surface area contributed by atoms with Gasteiger partial charge in [-0.25, -0.2) is 8.70 Å². The van der Waals surface area contributed by atoms with Gasteiger partial charge in [-0.15, -0.1) is 0 Å². The number of benzene rings is 3. The number of hydrogen-bond acceptors (Lipinski definition) is 4. The molecule has 0 unspecified atom stereocenters. The van der Waals surface area contributed by atoms with Gasteiger partial charge in [-0.3, -0.25) is 5.41 Å². The van der Waals surface area contributed by atoms with Crippen LogP contribution in [-0.4, -0.2) is 23.1 Å². The van der Waals surface area contributed by atoms with Crippen LogP contribution in [-0.2, 0) is 0 Å². The molecular formula is C26H24ClFN2S2. The van der Waals surface area contributed by atoms with Crippen LogP contribution < -0.4 is 0 Å². The fourth-order valence-electron chi connectivity index (χ4n) is 4.70. The number of nitrogens with zero attached hydrogens (tertiary/aromatic N) is 1. The first-order valence-corrected chi connectivity index (χ1v) is 12.8. The topological polar surface area (TPSA) is 27.1 Å². The highest BCUT2D eigenvalue weighted by atomic mass is 35.5. The number of halogens is 2. The van der Waals surface area contributed by atoms with Crippen LogP contribution in [0.25, 0.3) is 11.1 Å². The predicted molar refractivity (Wildman–Crippen MR) is 134 cm³/mol. The largest absolute Gasteiger partial charge is 0.300 e. The van der Waals surface area contributed by atoms with Crippen molar-refractivity contribution >= 4 is 41.0 Å². The normalized spacial score (nSPS) is 20.3. The summed E-state index contributed by atoms with van der Waals surface area (Å²) in [6.07, 6.45) is 1.30. The first kappa shape index (κ1) is 22.0. The van der Waals surface area contributed by atoms with Crippen LogP contribution in [0.1, 0.15) is 31.4 Å². The number of fused-ring (bicyclic) bond motifs is 3. The van der Waals surface area contributed by atoms with Crippen molar-refractivity contribution in [3.8, 4) is 11.1 Å². The van der Waals surface area contributed by atoms with E-state index in [2.05, 4.69) is 54.6 Å². The summed E-state index contributed by atoms with van der Waals surface area (Å²) in [6, 6.07) is 17.5. The Morgan fingerprint density at radius 1 is 0.844 bits per heavy atom. The van der Waals surface area contributed by atoms with Gasteiger partial charge < -0.3 is 0 Å². The summed E-state index contributed by atoms with van der Waals surface area (Å²) in [7, 11) is 0.